The largest absolute Gasteiger partial charge is 0.354 e. The van der Waals surface area contributed by atoms with E-state index in [-0.39, 0.29) is 12.5 Å². The zero-order chi connectivity index (χ0) is 13.7. The van der Waals surface area contributed by atoms with Gasteiger partial charge in [0.1, 0.15) is 5.82 Å². The lowest BCUT2D eigenvalue weighted by atomic mass is 10.00. The topological polar surface area (TPSA) is 71.2 Å². The third kappa shape index (κ3) is 3.44. The highest BCUT2D eigenvalue weighted by Gasteiger charge is 2.21. The van der Waals surface area contributed by atoms with Crippen molar-refractivity contribution in [3.8, 4) is 0 Å². The van der Waals surface area contributed by atoms with Gasteiger partial charge in [-0.3, -0.25) is 4.79 Å². The maximum absolute atomic E-state index is 11.2. The first-order chi connectivity index (χ1) is 9.24. The highest BCUT2D eigenvalue weighted by atomic mass is 16.1. The number of carbonyl (C=O) groups excluding carboxylic acids is 1. The first kappa shape index (κ1) is 13.8. The molecule has 1 aromatic heterocycles. The molecule has 1 aliphatic heterocycles. The predicted molar refractivity (Wildman–Crippen MR) is 77.2 cm³/mol. The highest BCUT2D eigenvalue weighted by molar-refractivity contribution is 5.91. The molecule has 19 heavy (non-hydrogen) atoms. The van der Waals surface area contributed by atoms with E-state index in [0.717, 1.165) is 18.8 Å². The van der Waals surface area contributed by atoms with Gasteiger partial charge in [0.15, 0.2) is 0 Å². The first-order valence-corrected chi connectivity index (χ1v) is 6.97. The summed E-state index contributed by atoms with van der Waals surface area (Å²) in [6.07, 6.45) is 6.62. The van der Waals surface area contributed by atoms with Crippen molar-refractivity contribution in [1.29, 1.82) is 0 Å². The van der Waals surface area contributed by atoms with Crippen molar-refractivity contribution in [3.63, 3.8) is 0 Å². The van der Waals surface area contributed by atoms with E-state index in [1.54, 1.807) is 6.20 Å². The number of carbonyl (C=O) groups is 1. The van der Waals surface area contributed by atoms with E-state index in [0.29, 0.717) is 11.7 Å². The molecular weight excluding hydrogens is 240 g/mol. The molecule has 0 aromatic carbocycles. The number of amides is 1. The number of hydrogen-bond donors (Lipinski definition) is 2. The summed E-state index contributed by atoms with van der Waals surface area (Å²) in [5.41, 5.74) is 5.96. The molecule has 5 nitrogen and oxygen atoms in total. The molecule has 0 radical (unpaired) electrons. The molecule has 3 N–H and O–H groups in total. The SMILES string of the molecule is CCC1CCCCN1c1ccc(NC(=O)CN)cn1. The minimum Gasteiger partial charge on any atom is -0.354 e. The number of aromatic nitrogens is 1. The zero-order valence-corrected chi connectivity index (χ0v) is 11.4. The third-order valence-corrected chi connectivity index (χ3v) is 3.61. The minimum absolute atomic E-state index is 0.00815. The summed E-state index contributed by atoms with van der Waals surface area (Å²) in [4.78, 5) is 18.0. The number of nitrogens with two attached hydrogens (primary N) is 1. The molecule has 0 saturated carbocycles. The van der Waals surface area contributed by atoms with Gasteiger partial charge in [0, 0.05) is 12.6 Å². The predicted octanol–water partition coefficient (Wildman–Crippen LogP) is 1.75. The molecule has 0 aliphatic carbocycles. The maximum Gasteiger partial charge on any atom is 0.238 e. The van der Waals surface area contributed by atoms with Crippen molar-refractivity contribution in [2.24, 2.45) is 5.73 Å². The molecule has 0 bridgehead atoms. The van der Waals surface area contributed by atoms with Gasteiger partial charge in [0.2, 0.25) is 5.91 Å². The van der Waals surface area contributed by atoms with Crippen LogP contribution in [0.1, 0.15) is 32.6 Å². The summed E-state index contributed by atoms with van der Waals surface area (Å²) < 4.78 is 0. The Morgan fingerprint density at radius 1 is 1.53 bits per heavy atom. The second-order valence-electron chi connectivity index (χ2n) is 4.91. The Bertz CT molecular complexity index is 418. The van der Waals surface area contributed by atoms with Crippen LogP contribution in [0, 0.1) is 0 Å². The smallest absolute Gasteiger partial charge is 0.238 e. The third-order valence-electron chi connectivity index (χ3n) is 3.61. The summed E-state index contributed by atoms with van der Waals surface area (Å²) >= 11 is 0. The molecule has 1 saturated heterocycles. The lowest BCUT2D eigenvalue weighted by Gasteiger charge is -2.36. The zero-order valence-electron chi connectivity index (χ0n) is 11.4. The number of pyridine rings is 1. The average molecular weight is 262 g/mol. The molecule has 1 fully saturated rings. The van der Waals surface area contributed by atoms with Gasteiger partial charge in [-0.25, -0.2) is 4.98 Å². The van der Waals surface area contributed by atoms with E-state index >= 15 is 0 Å². The summed E-state index contributed by atoms with van der Waals surface area (Å²) in [6.45, 7) is 3.28. The minimum atomic E-state index is -0.195. The number of nitrogens with zero attached hydrogens (tertiary/aromatic N) is 2. The molecule has 2 heterocycles. The number of rotatable bonds is 4. The van der Waals surface area contributed by atoms with Gasteiger partial charge in [-0.05, 0) is 37.8 Å². The fourth-order valence-electron chi connectivity index (χ4n) is 2.57. The molecule has 0 spiro atoms. The Hall–Kier alpha value is -1.62. The van der Waals surface area contributed by atoms with Crippen LogP contribution in [0.15, 0.2) is 18.3 Å². The number of nitrogens with one attached hydrogen (secondary N) is 1. The monoisotopic (exact) mass is 262 g/mol. The van der Waals surface area contributed by atoms with Crippen molar-refractivity contribution in [2.75, 3.05) is 23.3 Å². The van der Waals surface area contributed by atoms with E-state index in [1.807, 2.05) is 12.1 Å². The Morgan fingerprint density at radius 3 is 3.00 bits per heavy atom. The van der Waals surface area contributed by atoms with Crippen LogP contribution in [-0.2, 0) is 4.79 Å². The van der Waals surface area contributed by atoms with Crippen LogP contribution in [0.5, 0.6) is 0 Å². The van der Waals surface area contributed by atoms with Crippen LogP contribution in [-0.4, -0.2) is 30.0 Å². The van der Waals surface area contributed by atoms with E-state index in [2.05, 4.69) is 22.1 Å². The van der Waals surface area contributed by atoms with Gasteiger partial charge in [0.25, 0.3) is 0 Å². The fourth-order valence-corrected chi connectivity index (χ4v) is 2.57. The summed E-state index contributed by atoms with van der Waals surface area (Å²) in [6, 6.07) is 4.45. The summed E-state index contributed by atoms with van der Waals surface area (Å²) in [5, 5.41) is 2.70. The van der Waals surface area contributed by atoms with Gasteiger partial charge in [0.05, 0.1) is 18.4 Å². The van der Waals surface area contributed by atoms with E-state index in [4.69, 9.17) is 5.73 Å². The molecule has 1 amide bonds. The van der Waals surface area contributed by atoms with Crippen LogP contribution in [0.2, 0.25) is 0 Å². The van der Waals surface area contributed by atoms with Crippen molar-refractivity contribution in [2.45, 2.75) is 38.6 Å². The van der Waals surface area contributed by atoms with Crippen LogP contribution in [0.25, 0.3) is 0 Å². The van der Waals surface area contributed by atoms with E-state index in [9.17, 15) is 4.79 Å². The van der Waals surface area contributed by atoms with Crippen LogP contribution >= 0.6 is 0 Å². The summed E-state index contributed by atoms with van der Waals surface area (Å²) in [7, 11) is 0. The Kier molecular flexibility index (Phi) is 4.74. The Morgan fingerprint density at radius 2 is 2.37 bits per heavy atom. The lowest BCUT2D eigenvalue weighted by Crippen LogP contribution is -2.39. The normalized spacial score (nSPS) is 19.3. The van der Waals surface area contributed by atoms with Gasteiger partial charge < -0.3 is 16.0 Å². The quantitative estimate of drug-likeness (QED) is 0.867. The summed E-state index contributed by atoms with van der Waals surface area (Å²) in [5.74, 6) is 0.802. The Balaban J connectivity index is 2.06. The van der Waals surface area contributed by atoms with Crippen molar-refractivity contribution < 1.29 is 4.79 Å². The maximum atomic E-state index is 11.2. The molecule has 104 valence electrons. The number of piperidine rings is 1. The van der Waals surface area contributed by atoms with Gasteiger partial charge in [-0.15, -0.1) is 0 Å². The second kappa shape index (κ2) is 6.52. The molecule has 1 aromatic rings. The van der Waals surface area contributed by atoms with Crippen molar-refractivity contribution >= 4 is 17.4 Å². The molecule has 5 heteroatoms. The first-order valence-electron chi connectivity index (χ1n) is 6.97. The van der Waals surface area contributed by atoms with E-state index in [1.165, 1.54) is 19.3 Å². The molecule has 1 aliphatic rings. The van der Waals surface area contributed by atoms with Crippen LogP contribution in [0.3, 0.4) is 0 Å². The van der Waals surface area contributed by atoms with Crippen molar-refractivity contribution in [1.82, 2.24) is 4.98 Å². The van der Waals surface area contributed by atoms with E-state index < -0.39 is 0 Å². The second-order valence-corrected chi connectivity index (χ2v) is 4.91. The van der Waals surface area contributed by atoms with Crippen LogP contribution < -0.4 is 16.0 Å². The fraction of sp³-hybridized carbons (Fsp3) is 0.571. The van der Waals surface area contributed by atoms with Gasteiger partial charge in [-0.1, -0.05) is 6.92 Å². The molecule has 1 unspecified atom stereocenters. The van der Waals surface area contributed by atoms with Crippen LogP contribution in [0.4, 0.5) is 11.5 Å². The van der Waals surface area contributed by atoms with Gasteiger partial charge in [-0.2, -0.15) is 0 Å². The average Bonchev–Trinajstić information content (AvgIpc) is 2.48. The van der Waals surface area contributed by atoms with Crippen molar-refractivity contribution in [3.05, 3.63) is 18.3 Å². The number of anilines is 2. The Labute approximate surface area is 114 Å². The standard InChI is InChI=1S/C14H22N4O/c1-2-12-5-3-4-8-18(12)13-7-6-11(10-16-13)17-14(19)9-15/h6-7,10,12H,2-5,8-9,15H2,1H3,(H,17,19). The highest BCUT2D eigenvalue weighted by Crippen LogP contribution is 2.25. The molecule has 2 rings (SSSR count). The molecular formula is C14H22N4O. The lowest BCUT2D eigenvalue weighted by molar-refractivity contribution is -0.114. The number of hydrogen-bond acceptors (Lipinski definition) is 4. The molecule has 1 atom stereocenters. The van der Waals surface area contributed by atoms with Gasteiger partial charge >= 0.3 is 0 Å².